The maximum Gasteiger partial charge on any atom is 0.229 e. The van der Waals surface area contributed by atoms with Gasteiger partial charge in [0.2, 0.25) is 5.91 Å². The number of hydrogen-bond acceptors (Lipinski definition) is 4. The molecule has 1 aliphatic rings. The summed E-state index contributed by atoms with van der Waals surface area (Å²) in [5.74, 6) is -0.0980. The van der Waals surface area contributed by atoms with Gasteiger partial charge in [0.1, 0.15) is 5.82 Å². The van der Waals surface area contributed by atoms with Crippen LogP contribution in [0.1, 0.15) is 17.7 Å². The molecule has 0 bridgehead atoms. The number of sulfone groups is 1. The third-order valence-corrected chi connectivity index (χ3v) is 5.70. The van der Waals surface area contributed by atoms with Gasteiger partial charge in [-0.05, 0) is 18.9 Å². The van der Waals surface area contributed by atoms with Crippen molar-refractivity contribution in [2.75, 3.05) is 16.8 Å². The highest BCUT2D eigenvalue weighted by atomic mass is 32.2. The number of nitrogens with one attached hydrogen (secondary N) is 1. The Morgan fingerprint density at radius 2 is 2.09 bits per heavy atom. The molecule has 0 saturated carbocycles. The summed E-state index contributed by atoms with van der Waals surface area (Å²) >= 11 is 0. The molecule has 1 unspecified atom stereocenters. The van der Waals surface area contributed by atoms with Crippen LogP contribution >= 0.6 is 0 Å². The Labute approximate surface area is 135 Å². The van der Waals surface area contributed by atoms with Crippen LogP contribution in [0.3, 0.4) is 0 Å². The van der Waals surface area contributed by atoms with Crippen LogP contribution in [0.2, 0.25) is 0 Å². The molecule has 1 aromatic heterocycles. The van der Waals surface area contributed by atoms with Crippen LogP contribution in [-0.2, 0) is 21.2 Å². The second-order valence-electron chi connectivity index (χ2n) is 5.90. The normalized spacial score (nSPS) is 19.6. The van der Waals surface area contributed by atoms with Crippen LogP contribution in [0.5, 0.6) is 0 Å². The van der Waals surface area contributed by atoms with E-state index in [0.29, 0.717) is 18.8 Å². The number of rotatable bonds is 4. The van der Waals surface area contributed by atoms with E-state index < -0.39 is 15.8 Å². The van der Waals surface area contributed by atoms with Gasteiger partial charge in [0.15, 0.2) is 9.84 Å². The van der Waals surface area contributed by atoms with Crippen molar-refractivity contribution in [3.05, 3.63) is 47.7 Å². The third-order valence-electron chi connectivity index (χ3n) is 3.93. The van der Waals surface area contributed by atoms with Gasteiger partial charge in [-0.3, -0.25) is 4.79 Å². The molecular formula is C16H19N3O3S. The van der Waals surface area contributed by atoms with E-state index in [1.807, 2.05) is 37.3 Å². The molecule has 1 atom stereocenters. The molecule has 1 amide bonds. The van der Waals surface area contributed by atoms with Crippen LogP contribution < -0.4 is 5.32 Å². The molecule has 7 heteroatoms. The van der Waals surface area contributed by atoms with Crippen molar-refractivity contribution in [3.63, 3.8) is 0 Å². The topological polar surface area (TPSA) is 81.1 Å². The van der Waals surface area contributed by atoms with E-state index >= 15 is 0 Å². The molecule has 23 heavy (non-hydrogen) atoms. The molecule has 0 spiro atoms. The lowest BCUT2D eigenvalue weighted by atomic mass is 10.1. The lowest BCUT2D eigenvalue weighted by molar-refractivity contribution is -0.119. The minimum absolute atomic E-state index is 0.0648. The molecule has 1 saturated heterocycles. The van der Waals surface area contributed by atoms with Crippen molar-refractivity contribution < 1.29 is 13.2 Å². The summed E-state index contributed by atoms with van der Waals surface area (Å²) < 4.78 is 24.8. The molecule has 3 rings (SSSR count). The highest BCUT2D eigenvalue weighted by molar-refractivity contribution is 7.91. The number of benzene rings is 1. The summed E-state index contributed by atoms with van der Waals surface area (Å²) in [5.41, 5.74) is 1.88. The molecule has 122 valence electrons. The van der Waals surface area contributed by atoms with E-state index in [1.165, 1.54) is 0 Å². The molecule has 1 N–H and O–H groups in total. The summed E-state index contributed by atoms with van der Waals surface area (Å²) in [4.78, 5) is 12.3. The van der Waals surface area contributed by atoms with Crippen molar-refractivity contribution in [2.24, 2.45) is 5.92 Å². The lowest BCUT2D eigenvalue weighted by Gasteiger charge is -2.11. The van der Waals surface area contributed by atoms with Crippen molar-refractivity contribution >= 4 is 21.6 Å². The van der Waals surface area contributed by atoms with Gasteiger partial charge in [-0.2, -0.15) is 5.10 Å². The Morgan fingerprint density at radius 1 is 1.35 bits per heavy atom. The van der Waals surface area contributed by atoms with Crippen LogP contribution in [0, 0.1) is 12.8 Å². The number of aryl methyl sites for hydroxylation is 1. The molecule has 1 aliphatic heterocycles. The monoisotopic (exact) mass is 333 g/mol. The highest BCUT2D eigenvalue weighted by Gasteiger charge is 2.33. The number of carbonyl (C=O) groups excluding carboxylic acids is 1. The maximum absolute atomic E-state index is 12.3. The Bertz CT molecular complexity index is 812. The average Bonchev–Trinajstić information content (AvgIpc) is 3.03. The van der Waals surface area contributed by atoms with Crippen molar-refractivity contribution in [3.8, 4) is 0 Å². The minimum atomic E-state index is -3.07. The molecule has 2 aromatic rings. The molecule has 6 nitrogen and oxygen atoms in total. The van der Waals surface area contributed by atoms with Gasteiger partial charge >= 0.3 is 0 Å². The summed E-state index contributed by atoms with van der Waals surface area (Å²) in [7, 11) is -3.07. The van der Waals surface area contributed by atoms with Gasteiger partial charge in [0.05, 0.1) is 29.7 Å². The summed E-state index contributed by atoms with van der Waals surface area (Å²) in [6, 6.07) is 11.6. The average molecular weight is 333 g/mol. The highest BCUT2D eigenvalue weighted by Crippen LogP contribution is 2.21. The molecule has 0 radical (unpaired) electrons. The van der Waals surface area contributed by atoms with Crippen LogP contribution in [0.25, 0.3) is 0 Å². The van der Waals surface area contributed by atoms with E-state index in [0.717, 1.165) is 11.3 Å². The zero-order valence-corrected chi connectivity index (χ0v) is 13.7. The first-order valence-corrected chi connectivity index (χ1v) is 9.35. The van der Waals surface area contributed by atoms with Crippen molar-refractivity contribution in [1.82, 2.24) is 9.78 Å². The number of hydrogen-bond donors (Lipinski definition) is 1. The van der Waals surface area contributed by atoms with E-state index in [2.05, 4.69) is 10.4 Å². The van der Waals surface area contributed by atoms with Gasteiger partial charge in [0.25, 0.3) is 0 Å². The zero-order valence-electron chi connectivity index (χ0n) is 12.9. The molecule has 1 fully saturated rings. The first kappa shape index (κ1) is 15.7. The number of nitrogens with zero attached hydrogens (tertiary/aromatic N) is 2. The number of anilines is 1. The van der Waals surface area contributed by atoms with Crippen molar-refractivity contribution in [2.45, 2.75) is 19.9 Å². The Kier molecular flexibility index (Phi) is 4.21. The Balaban J connectivity index is 1.74. The molecule has 0 aliphatic carbocycles. The van der Waals surface area contributed by atoms with Gasteiger partial charge in [-0.1, -0.05) is 30.3 Å². The van der Waals surface area contributed by atoms with E-state index in [-0.39, 0.29) is 17.4 Å². The van der Waals surface area contributed by atoms with E-state index in [9.17, 15) is 13.2 Å². The minimum Gasteiger partial charge on any atom is -0.311 e. The van der Waals surface area contributed by atoms with Gasteiger partial charge in [-0.25, -0.2) is 13.1 Å². The first-order chi connectivity index (χ1) is 10.9. The second-order valence-corrected chi connectivity index (χ2v) is 8.13. The van der Waals surface area contributed by atoms with Gasteiger partial charge in [-0.15, -0.1) is 0 Å². The molecule has 2 heterocycles. The molecule has 1 aromatic carbocycles. The first-order valence-electron chi connectivity index (χ1n) is 7.53. The quantitative estimate of drug-likeness (QED) is 0.922. The molecular weight excluding hydrogens is 314 g/mol. The Morgan fingerprint density at radius 3 is 2.74 bits per heavy atom. The fourth-order valence-electron chi connectivity index (χ4n) is 2.75. The van der Waals surface area contributed by atoms with Gasteiger partial charge in [0, 0.05) is 6.07 Å². The fourth-order valence-corrected chi connectivity index (χ4v) is 4.49. The third kappa shape index (κ3) is 3.79. The number of amides is 1. The Hall–Kier alpha value is -2.15. The van der Waals surface area contributed by atoms with E-state index in [4.69, 9.17) is 0 Å². The number of carbonyl (C=O) groups is 1. The second kappa shape index (κ2) is 6.16. The SMILES string of the molecule is Cc1cc(NC(=O)C2CCS(=O)(=O)C2)n(Cc2ccccc2)n1. The standard InChI is InChI=1S/C16H19N3O3S/c1-12-9-15(17-16(20)14-7-8-23(21,22)11-14)19(18-12)10-13-5-3-2-4-6-13/h2-6,9,14H,7-8,10-11H2,1H3,(H,17,20). The maximum atomic E-state index is 12.3. The zero-order chi connectivity index (χ0) is 16.4. The lowest BCUT2D eigenvalue weighted by Crippen LogP contribution is -2.25. The van der Waals surface area contributed by atoms with Crippen LogP contribution in [0.4, 0.5) is 5.82 Å². The van der Waals surface area contributed by atoms with Crippen LogP contribution in [-0.4, -0.2) is 35.6 Å². The van der Waals surface area contributed by atoms with Crippen molar-refractivity contribution in [1.29, 1.82) is 0 Å². The summed E-state index contributed by atoms with van der Waals surface area (Å²) in [6.07, 6.45) is 0.389. The smallest absolute Gasteiger partial charge is 0.229 e. The predicted octanol–water partition coefficient (Wildman–Crippen LogP) is 1.61. The summed E-state index contributed by atoms with van der Waals surface area (Å²) in [6.45, 7) is 2.41. The largest absolute Gasteiger partial charge is 0.311 e. The van der Waals surface area contributed by atoms with E-state index in [1.54, 1.807) is 10.7 Å². The van der Waals surface area contributed by atoms with Crippen LogP contribution in [0.15, 0.2) is 36.4 Å². The van der Waals surface area contributed by atoms with Gasteiger partial charge < -0.3 is 5.32 Å². The number of aromatic nitrogens is 2. The fraction of sp³-hybridized carbons (Fsp3) is 0.375. The summed E-state index contributed by atoms with van der Waals surface area (Å²) in [5, 5.41) is 7.23. The predicted molar refractivity (Wildman–Crippen MR) is 87.9 cm³/mol.